The Labute approximate surface area is 123 Å². The van der Waals surface area contributed by atoms with Crippen LogP contribution in [0, 0.1) is 6.92 Å². The lowest BCUT2D eigenvalue weighted by Gasteiger charge is -2.28. The fourth-order valence-corrected chi connectivity index (χ4v) is 3.08. The molecule has 112 valence electrons. The van der Waals surface area contributed by atoms with Gasteiger partial charge >= 0.3 is 0 Å². The lowest BCUT2D eigenvalue weighted by atomic mass is 9.92. The number of piperazine rings is 1. The zero-order valence-corrected chi connectivity index (χ0v) is 13.3. The van der Waals surface area contributed by atoms with Gasteiger partial charge in [0, 0.05) is 38.3 Å². The van der Waals surface area contributed by atoms with E-state index in [4.69, 9.17) is 4.74 Å². The molecule has 0 atom stereocenters. The highest BCUT2D eigenvalue weighted by Gasteiger charge is 2.16. The molecule has 1 aromatic carbocycles. The second kappa shape index (κ2) is 7.09. The van der Waals surface area contributed by atoms with Crippen molar-refractivity contribution in [1.82, 2.24) is 10.2 Å². The summed E-state index contributed by atoms with van der Waals surface area (Å²) in [5.41, 5.74) is 4.07. The Kier molecular flexibility index (Phi) is 5.44. The van der Waals surface area contributed by atoms with Gasteiger partial charge in [0.1, 0.15) is 5.75 Å². The summed E-state index contributed by atoms with van der Waals surface area (Å²) in [6.45, 7) is 12.4. The van der Waals surface area contributed by atoms with Gasteiger partial charge < -0.3 is 15.0 Å². The average molecular weight is 276 g/mol. The van der Waals surface area contributed by atoms with Gasteiger partial charge in [-0.05, 0) is 30.4 Å². The van der Waals surface area contributed by atoms with Gasteiger partial charge in [0.05, 0.1) is 7.11 Å². The van der Waals surface area contributed by atoms with Crippen molar-refractivity contribution in [2.75, 3.05) is 39.8 Å². The van der Waals surface area contributed by atoms with E-state index >= 15 is 0 Å². The molecule has 0 spiro atoms. The molecule has 1 fully saturated rings. The van der Waals surface area contributed by atoms with Crippen LogP contribution in [-0.2, 0) is 6.42 Å². The van der Waals surface area contributed by atoms with Gasteiger partial charge in [0.25, 0.3) is 0 Å². The highest BCUT2D eigenvalue weighted by Crippen LogP contribution is 2.33. The van der Waals surface area contributed by atoms with Crippen LogP contribution in [0.1, 0.15) is 36.5 Å². The number of aryl methyl sites for hydroxylation is 1. The second-order valence-corrected chi connectivity index (χ2v) is 5.98. The quantitative estimate of drug-likeness (QED) is 0.894. The van der Waals surface area contributed by atoms with Crippen LogP contribution < -0.4 is 10.1 Å². The minimum absolute atomic E-state index is 0.503. The molecular weight excluding hydrogens is 248 g/mol. The van der Waals surface area contributed by atoms with Gasteiger partial charge in [-0.2, -0.15) is 0 Å². The van der Waals surface area contributed by atoms with Gasteiger partial charge in [-0.15, -0.1) is 0 Å². The van der Waals surface area contributed by atoms with Crippen molar-refractivity contribution in [3.8, 4) is 5.75 Å². The second-order valence-electron chi connectivity index (χ2n) is 5.98. The third kappa shape index (κ3) is 3.53. The van der Waals surface area contributed by atoms with Gasteiger partial charge in [-0.1, -0.05) is 26.0 Å². The Morgan fingerprint density at radius 3 is 2.55 bits per heavy atom. The van der Waals surface area contributed by atoms with Crippen LogP contribution in [0.15, 0.2) is 12.1 Å². The average Bonchev–Trinajstić information content (AvgIpc) is 2.46. The molecule has 20 heavy (non-hydrogen) atoms. The van der Waals surface area contributed by atoms with E-state index in [0.29, 0.717) is 5.92 Å². The van der Waals surface area contributed by atoms with Crippen molar-refractivity contribution in [3.63, 3.8) is 0 Å². The van der Waals surface area contributed by atoms with Crippen LogP contribution in [0.2, 0.25) is 0 Å². The molecule has 0 unspecified atom stereocenters. The zero-order chi connectivity index (χ0) is 14.5. The maximum atomic E-state index is 5.65. The third-order valence-electron chi connectivity index (χ3n) is 4.17. The Morgan fingerprint density at radius 2 is 1.95 bits per heavy atom. The van der Waals surface area contributed by atoms with Crippen LogP contribution in [0.3, 0.4) is 0 Å². The van der Waals surface area contributed by atoms with Crippen LogP contribution >= 0.6 is 0 Å². The molecule has 3 heteroatoms. The summed E-state index contributed by atoms with van der Waals surface area (Å²) >= 11 is 0. The first-order chi connectivity index (χ1) is 9.63. The number of methoxy groups -OCH3 is 1. The van der Waals surface area contributed by atoms with Crippen LogP contribution in [-0.4, -0.2) is 44.7 Å². The summed E-state index contributed by atoms with van der Waals surface area (Å²) in [5.74, 6) is 1.58. The number of hydrogen-bond acceptors (Lipinski definition) is 3. The maximum Gasteiger partial charge on any atom is 0.125 e. The van der Waals surface area contributed by atoms with E-state index in [1.165, 1.54) is 29.8 Å². The zero-order valence-electron chi connectivity index (χ0n) is 13.3. The number of nitrogens with zero attached hydrogens (tertiary/aromatic N) is 1. The Hall–Kier alpha value is -1.06. The standard InChI is InChI=1S/C17H28N2O/c1-13(2)16-15(6-5-14(3)17(16)20-4)7-10-19-11-8-18-9-12-19/h5-6,13,18H,7-12H2,1-4H3. The smallest absolute Gasteiger partial charge is 0.125 e. The molecule has 1 heterocycles. The molecule has 1 aromatic rings. The highest BCUT2D eigenvalue weighted by atomic mass is 16.5. The number of benzene rings is 1. The van der Waals surface area contributed by atoms with Gasteiger partial charge in [0.15, 0.2) is 0 Å². The molecule has 1 saturated heterocycles. The summed E-state index contributed by atoms with van der Waals surface area (Å²) in [7, 11) is 1.79. The van der Waals surface area contributed by atoms with Crippen molar-refractivity contribution in [1.29, 1.82) is 0 Å². The predicted molar refractivity (Wildman–Crippen MR) is 84.8 cm³/mol. The van der Waals surface area contributed by atoms with Crippen molar-refractivity contribution in [3.05, 3.63) is 28.8 Å². The van der Waals surface area contributed by atoms with E-state index in [1.807, 2.05) is 0 Å². The minimum atomic E-state index is 0.503. The fourth-order valence-electron chi connectivity index (χ4n) is 3.08. The highest BCUT2D eigenvalue weighted by molar-refractivity contribution is 5.47. The summed E-state index contributed by atoms with van der Waals surface area (Å²) in [6, 6.07) is 4.48. The summed E-state index contributed by atoms with van der Waals surface area (Å²) < 4.78 is 5.65. The van der Waals surface area contributed by atoms with Crippen LogP contribution in [0.25, 0.3) is 0 Å². The molecule has 0 bridgehead atoms. The fraction of sp³-hybridized carbons (Fsp3) is 0.647. The van der Waals surface area contributed by atoms with E-state index in [2.05, 4.69) is 43.1 Å². The summed E-state index contributed by atoms with van der Waals surface area (Å²) in [4.78, 5) is 2.55. The third-order valence-corrected chi connectivity index (χ3v) is 4.17. The van der Waals surface area contributed by atoms with Crippen LogP contribution in [0.4, 0.5) is 0 Å². The van der Waals surface area contributed by atoms with Crippen molar-refractivity contribution in [2.24, 2.45) is 0 Å². The first-order valence-corrected chi connectivity index (χ1v) is 7.73. The predicted octanol–water partition coefficient (Wildman–Crippen LogP) is 2.57. The van der Waals surface area contributed by atoms with E-state index < -0.39 is 0 Å². The Morgan fingerprint density at radius 1 is 1.25 bits per heavy atom. The Balaban J connectivity index is 2.13. The molecular formula is C17H28N2O. The molecule has 1 N–H and O–H groups in total. The maximum absolute atomic E-state index is 5.65. The lowest BCUT2D eigenvalue weighted by molar-refractivity contribution is 0.243. The molecule has 2 rings (SSSR count). The molecule has 0 aromatic heterocycles. The van der Waals surface area contributed by atoms with E-state index in [1.54, 1.807) is 7.11 Å². The molecule has 0 saturated carbocycles. The van der Waals surface area contributed by atoms with Crippen molar-refractivity contribution in [2.45, 2.75) is 33.1 Å². The minimum Gasteiger partial charge on any atom is -0.496 e. The largest absolute Gasteiger partial charge is 0.496 e. The van der Waals surface area contributed by atoms with E-state index in [-0.39, 0.29) is 0 Å². The lowest BCUT2D eigenvalue weighted by Crippen LogP contribution is -2.44. The topological polar surface area (TPSA) is 24.5 Å². The Bertz CT molecular complexity index is 437. The first-order valence-electron chi connectivity index (χ1n) is 7.73. The van der Waals surface area contributed by atoms with Gasteiger partial charge in [-0.25, -0.2) is 0 Å². The molecule has 0 radical (unpaired) electrons. The number of rotatable bonds is 5. The molecule has 0 aliphatic carbocycles. The van der Waals surface area contributed by atoms with E-state index in [9.17, 15) is 0 Å². The first kappa shape index (κ1) is 15.3. The van der Waals surface area contributed by atoms with Crippen molar-refractivity contribution >= 4 is 0 Å². The molecule has 1 aliphatic rings. The monoisotopic (exact) mass is 276 g/mol. The molecule has 3 nitrogen and oxygen atoms in total. The summed E-state index contributed by atoms with van der Waals surface area (Å²) in [6.07, 6.45) is 1.12. The van der Waals surface area contributed by atoms with Gasteiger partial charge in [0.2, 0.25) is 0 Å². The molecule has 0 amide bonds. The van der Waals surface area contributed by atoms with Gasteiger partial charge in [-0.3, -0.25) is 0 Å². The number of ether oxygens (including phenoxy) is 1. The SMILES string of the molecule is COc1c(C)ccc(CCN2CCNCC2)c1C(C)C. The van der Waals surface area contributed by atoms with Crippen LogP contribution in [0.5, 0.6) is 5.75 Å². The normalized spacial score (nSPS) is 16.6. The molecule has 1 aliphatic heterocycles. The van der Waals surface area contributed by atoms with Crippen molar-refractivity contribution < 1.29 is 4.74 Å². The number of hydrogen-bond donors (Lipinski definition) is 1. The van der Waals surface area contributed by atoms with E-state index in [0.717, 1.165) is 31.8 Å². The summed E-state index contributed by atoms with van der Waals surface area (Å²) in [5, 5.41) is 3.41. The number of nitrogens with one attached hydrogen (secondary N) is 1.